The van der Waals surface area contributed by atoms with Crippen LogP contribution in [0, 0.1) is 0 Å². The van der Waals surface area contributed by atoms with Crippen molar-refractivity contribution in [3.8, 4) is 11.5 Å². The van der Waals surface area contributed by atoms with Crippen molar-refractivity contribution in [2.24, 2.45) is 0 Å². The van der Waals surface area contributed by atoms with E-state index in [2.05, 4.69) is 5.32 Å². The SMILES string of the molecule is CCN(CC)C(=O)c1ccc(NC(=O)c2cccc(OC)c2OC)cc1. The van der Waals surface area contributed by atoms with Crippen molar-refractivity contribution in [1.29, 1.82) is 0 Å². The highest BCUT2D eigenvalue weighted by atomic mass is 16.5. The normalized spacial score (nSPS) is 10.2. The van der Waals surface area contributed by atoms with E-state index in [-0.39, 0.29) is 11.8 Å². The summed E-state index contributed by atoms with van der Waals surface area (Å²) in [5.41, 5.74) is 1.55. The van der Waals surface area contributed by atoms with E-state index in [0.29, 0.717) is 41.4 Å². The molecule has 0 aliphatic carbocycles. The number of rotatable bonds is 7. The molecule has 0 bridgehead atoms. The van der Waals surface area contributed by atoms with Gasteiger partial charge in [0.2, 0.25) is 0 Å². The molecule has 6 nitrogen and oxygen atoms in total. The summed E-state index contributed by atoms with van der Waals surface area (Å²) >= 11 is 0. The second-order valence-electron chi connectivity index (χ2n) is 5.55. The lowest BCUT2D eigenvalue weighted by atomic mass is 10.1. The van der Waals surface area contributed by atoms with Gasteiger partial charge >= 0.3 is 0 Å². The number of hydrogen-bond acceptors (Lipinski definition) is 4. The molecule has 0 radical (unpaired) electrons. The smallest absolute Gasteiger partial charge is 0.259 e. The number of nitrogens with zero attached hydrogens (tertiary/aromatic N) is 1. The van der Waals surface area contributed by atoms with E-state index in [0.717, 1.165) is 0 Å². The monoisotopic (exact) mass is 356 g/mol. The fraction of sp³-hybridized carbons (Fsp3) is 0.300. The predicted octanol–water partition coefficient (Wildman–Crippen LogP) is 3.44. The number of hydrogen-bond donors (Lipinski definition) is 1. The average Bonchev–Trinajstić information content (AvgIpc) is 2.68. The van der Waals surface area contributed by atoms with Crippen LogP contribution in [-0.2, 0) is 0 Å². The quantitative estimate of drug-likeness (QED) is 0.825. The van der Waals surface area contributed by atoms with Gasteiger partial charge < -0.3 is 19.7 Å². The molecule has 2 aromatic rings. The van der Waals surface area contributed by atoms with E-state index in [1.165, 1.54) is 14.2 Å². The van der Waals surface area contributed by atoms with Crippen molar-refractivity contribution in [3.05, 3.63) is 53.6 Å². The van der Waals surface area contributed by atoms with Crippen LogP contribution in [0.4, 0.5) is 5.69 Å². The highest BCUT2D eigenvalue weighted by Gasteiger charge is 2.17. The van der Waals surface area contributed by atoms with Gasteiger partial charge in [0.25, 0.3) is 11.8 Å². The lowest BCUT2D eigenvalue weighted by Gasteiger charge is -2.18. The number of methoxy groups -OCH3 is 2. The van der Waals surface area contributed by atoms with Gasteiger partial charge in [-0.05, 0) is 50.2 Å². The summed E-state index contributed by atoms with van der Waals surface area (Å²) in [5.74, 6) is 0.520. The molecule has 2 rings (SSSR count). The Kier molecular flexibility index (Phi) is 6.60. The molecule has 2 amide bonds. The van der Waals surface area contributed by atoms with Crippen LogP contribution in [0.3, 0.4) is 0 Å². The van der Waals surface area contributed by atoms with Gasteiger partial charge in [0, 0.05) is 24.3 Å². The zero-order chi connectivity index (χ0) is 19.1. The molecular weight excluding hydrogens is 332 g/mol. The number of carbonyl (C=O) groups excluding carboxylic acids is 2. The van der Waals surface area contributed by atoms with Gasteiger partial charge in [0.15, 0.2) is 11.5 Å². The van der Waals surface area contributed by atoms with Crippen molar-refractivity contribution >= 4 is 17.5 Å². The van der Waals surface area contributed by atoms with Crippen molar-refractivity contribution in [3.63, 3.8) is 0 Å². The van der Waals surface area contributed by atoms with Crippen LogP contribution >= 0.6 is 0 Å². The summed E-state index contributed by atoms with van der Waals surface area (Å²) in [6.07, 6.45) is 0. The Labute approximate surface area is 153 Å². The van der Waals surface area contributed by atoms with E-state index in [9.17, 15) is 9.59 Å². The Morgan fingerprint density at radius 3 is 2.15 bits per heavy atom. The maximum atomic E-state index is 12.6. The Morgan fingerprint density at radius 2 is 1.62 bits per heavy atom. The van der Waals surface area contributed by atoms with E-state index < -0.39 is 0 Å². The van der Waals surface area contributed by atoms with Crippen molar-refractivity contribution in [1.82, 2.24) is 4.90 Å². The molecule has 1 N–H and O–H groups in total. The van der Waals surface area contributed by atoms with Gasteiger partial charge in [-0.3, -0.25) is 9.59 Å². The highest BCUT2D eigenvalue weighted by molar-refractivity contribution is 6.07. The molecule has 138 valence electrons. The molecule has 0 saturated carbocycles. The van der Waals surface area contributed by atoms with E-state index in [1.54, 1.807) is 47.4 Å². The fourth-order valence-corrected chi connectivity index (χ4v) is 2.65. The van der Waals surface area contributed by atoms with E-state index >= 15 is 0 Å². The van der Waals surface area contributed by atoms with Gasteiger partial charge in [-0.1, -0.05) is 6.07 Å². The Morgan fingerprint density at radius 1 is 0.962 bits per heavy atom. The topological polar surface area (TPSA) is 67.9 Å². The number of benzene rings is 2. The first-order chi connectivity index (χ1) is 12.5. The lowest BCUT2D eigenvalue weighted by molar-refractivity contribution is 0.0773. The molecule has 2 aromatic carbocycles. The minimum absolute atomic E-state index is 0.0256. The molecule has 0 fully saturated rings. The molecule has 0 saturated heterocycles. The van der Waals surface area contributed by atoms with E-state index in [4.69, 9.17) is 9.47 Å². The molecule has 0 unspecified atom stereocenters. The van der Waals surface area contributed by atoms with Gasteiger partial charge in [-0.2, -0.15) is 0 Å². The van der Waals surface area contributed by atoms with Crippen LogP contribution in [0.15, 0.2) is 42.5 Å². The van der Waals surface area contributed by atoms with Gasteiger partial charge in [-0.15, -0.1) is 0 Å². The number of carbonyl (C=O) groups is 2. The maximum absolute atomic E-state index is 12.6. The van der Waals surface area contributed by atoms with Gasteiger partial charge in [-0.25, -0.2) is 0 Å². The number of para-hydroxylation sites is 1. The fourth-order valence-electron chi connectivity index (χ4n) is 2.65. The number of ether oxygens (including phenoxy) is 2. The van der Waals surface area contributed by atoms with Crippen molar-refractivity contribution in [2.45, 2.75) is 13.8 Å². The molecular formula is C20H24N2O4. The first kappa shape index (κ1) is 19.3. The van der Waals surface area contributed by atoms with Gasteiger partial charge in [0.05, 0.1) is 19.8 Å². The third kappa shape index (κ3) is 4.14. The van der Waals surface area contributed by atoms with Crippen LogP contribution in [0.1, 0.15) is 34.6 Å². The Bertz CT molecular complexity index is 768. The number of amides is 2. The average molecular weight is 356 g/mol. The second-order valence-corrected chi connectivity index (χ2v) is 5.55. The Hall–Kier alpha value is -3.02. The van der Waals surface area contributed by atoms with Gasteiger partial charge in [0.1, 0.15) is 0 Å². The van der Waals surface area contributed by atoms with Crippen molar-refractivity contribution in [2.75, 3.05) is 32.6 Å². The minimum atomic E-state index is -0.316. The molecule has 0 heterocycles. The Balaban J connectivity index is 2.17. The van der Waals surface area contributed by atoms with Crippen LogP contribution < -0.4 is 14.8 Å². The summed E-state index contributed by atoms with van der Waals surface area (Å²) in [6.45, 7) is 5.20. The predicted molar refractivity (Wildman–Crippen MR) is 101 cm³/mol. The third-order valence-corrected chi connectivity index (χ3v) is 4.09. The molecule has 0 atom stereocenters. The van der Waals surface area contributed by atoms with Crippen LogP contribution in [0.5, 0.6) is 11.5 Å². The zero-order valence-corrected chi connectivity index (χ0v) is 15.5. The van der Waals surface area contributed by atoms with Crippen molar-refractivity contribution < 1.29 is 19.1 Å². The summed E-state index contributed by atoms with van der Waals surface area (Å²) in [4.78, 5) is 26.6. The molecule has 0 spiro atoms. The maximum Gasteiger partial charge on any atom is 0.259 e. The minimum Gasteiger partial charge on any atom is -0.493 e. The largest absolute Gasteiger partial charge is 0.493 e. The third-order valence-electron chi connectivity index (χ3n) is 4.09. The summed E-state index contributed by atoms with van der Waals surface area (Å²) in [6, 6.07) is 11.9. The highest BCUT2D eigenvalue weighted by Crippen LogP contribution is 2.31. The number of anilines is 1. The van der Waals surface area contributed by atoms with Crippen LogP contribution in [0.25, 0.3) is 0 Å². The summed E-state index contributed by atoms with van der Waals surface area (Å²) < 4.78 is 10.5. The standard InChI is InChI=1S/C20H24N2O4/c1-5-22(6-2)20(24)14-10-12-15(13-11-14)21-19(23)16-8-7-9-17(25-3)18(16)26-4/h7-13H,5-6H2,1-4H3,(H,21,23). The van der Waals surface area contributed by atoms with E-state index in [1.807, 2.05) is 13.8 Å². The first-order valence-corrected chi connectivity index (χ1v) is 8.47. The summed E-state index contributed by atoms with van der Waals surface area (Å²) in [7, 11) is 3.01. The number of nitrogens with one attached hydrogen (secondary N) is 1. The van der Waals surface area contributed by atoms with Crippen LogP contribution in [0.2, 0.25) is 0 Å². The zero-order valence-electron chi connectivity index (χ0n) is 15.5. The molecule has 6 heteroatoms. The lowest BCUT2D eigenvalue weighted by Crippen LogP contribution is -2.30. The van der Waals surface area contributed by atoms with Crippen LogP contribution in [-0.4, -0.2) is 44.0 Å². The molecule has 26 heavy (non-hydrogen) atoms. The first-order valence-electron chi connectivity index (χ1n) is 8.47. The second kappa shape index (κ2) is 8.89. The molecule has 0 aliphatic heterocycles. The molecule has 0 aliphatic rings. The summed E-state index contributed by atoms with van der Waals surface area (Å²) in [5, 5.41) is 2.81. The molecule has 0 aromatic heterocycles.